The number of fused-ring (bicyclic) bond motifs is 6. The molecule has 0 aliphatic carbocycles. The zero-order valence-corrected chi connectivity index (χ0v) is 25.0. The minimum absolute atomic E-state index is 0.652. The summed E-state index contributed by atoms with van der Waals surface area (Å²) in [5.74, 6) is 0.652. The molecule has 3 nitrogen and oxygen atoms in total. The molecule has 0 atom stereocenters. The number of benzene rings is 7. The predicted molar refractivity (Wildman–Crippen MR) is 190 cm³/mol. The monoisotopic (exact) mass is 594 g/mol. The van der Waals surface area contributed by atoms with Crippen molar-refractivity contribution in [2.75, 3.05) is 4.90 Å². The number of oxazole rings is 1. The Labute approximate surface area is 264 Å². The molecular weight excluding hydrogens is 569 g/mol. The Kier molecular flexibility index (Phi) is 6.00. The summed E-state index contributed by atoms with van der Waals surface area (Å²) in [5, 5.41) is 4.65. The molecule has 0 bridgehead atoms. The zero-order chi connectivity index (χ0) is 29.7. The third-order valence-corrected chi connectivity index (χ3v) is 9.60. The van der Waals surface area contributed by atoms with Crippen molar-refractivity contribution >= 4 is 70.4 Å². The zero-order valence-electron chi connectivity index (χ0n) is 24.2. The Morgan fingerprint density at radius 2 is 1.24 bits per heavy atom. The van der Waals surface area contributed by atoms with Gasteiger partial charge in [-0.15, -0.1) is 11.3 Å². The molecule has 0 spiro atoms. The van der Waals surface area contributed by atoms with Gasteiger partial charge in [0.1, 0.15) is 5.52 Å². The van der Waals surface area contributed by atoms with Gasteiger partial charge in [0.2, 0.25) is 5.89 Å². The van der Waals surface area contributed by atoms with Gasteiger partial charge >= 0.3 is 0 Å². The summed E-state index contributed by atoms with van der Waals surface area (Å²) in [4.78, 5) is 7.37. The van der Waals surface area contributed by atoms with Gasteiger partial charge in [0.25, 0.3) is 0 Å². The first-order valence-electron chi connectivity index (χ1n) is 15.0. The van der Waals surface area contributed by atoms with Crippen LogP contribution >= 0.6 is 11.3 Å². The van der Waals surface area contributed by atoms with Gasteiger partial charge < -0.3 is 9.32 Å². The fourth-order valence-electron chi connectivity index (χ4n) is 6.39. The first-order valence-corrected chi connectivity index (χ1v) is 15.9. The second kappa shape index (κ2) is 10.5. The normalized spacial score (nSPS) is 11.6. The van der Waals surface area contributed by atoms with Crippen molar-refractivity contribution in [2.45, 2.75) is 0 Å². The average Bonchev–Trinajstić information content (AvgIpc) is 3.71. The molecule has 212 valence electrons. The number of aromatic nitrogens is 1. The molecule has 2 heterocycles. The maximum Gasteiger partial charge on any atom is 0.228 e. The quantitative estimate of drug-likeness (QED) is 0.198. The number of anilines is 3. The highest BCUT2D eigenvalue weighted by Crippen LogP contribution is 2.44. The molecular formula is C41H26N2OS. The second-order valence-corrected chi connectivity index (χ2v) is 12.3. The van der Waals surface area contributed by atoms with Crippen LogP contribution in [-0.4, -0.2) is 4.98 Å². The lowest BCUT2D eigenvalue weighted by Gasteiger charge is -2.26. The summed E-state index contributed by atoms with van der Waals surface area (Å²) < 4.78 is 8.83. The fourth-order valence-corrected chi connectivity index (χ4v) is 7.55. The Hall–Kier alpha value is -5.71. The van der Waals surface area contributed by atoms with E-state index in [1.54, 1.807) is 11.3 Å². The molecule has 9 aromatic rings. The highest BCUT2D eigenvalue weighted by molar-refractivity contribution is 7.26. The van der Waals surface area contributed by atoms with Crippen molar-refractivity contribution in [3.05, 3.63) is 158 Å². The summed E-state index contributed by atoms with van der Waals surface area (Å²) in [7, 11) is 0. The van der Waals surface area contributed by atoms with Gasteiger partial charge in [-0.2, -0.15) is 0 Å². The molecule has 0 radical (unpaired) electrons. The van der Waals surface area contributed by atoms with E-state index in [-0.39, 0.29) is 0 Å². The van der Waals surface area contributed by atoms with Gasteiger partial charge in [-0.1, -0.05) is 103 Å². The topological polar surface area (TPSA) is 29.3 Å². The van der Waals surface area contributed by atoms with E-state index < -0.39 is 0 Å². The number of nitrogens with zero attached hydrogens (tertiary/aromatic N) is 2. The lowest BCUT2D eigenvalue weighted by atomic mass is 10.0. The molecule has 4 heteroatoms. The standard InChI is InChI=1S/C41H26N2OS/c1-3-11-27(12-4-1)29-14-9-17-31(25-29)43(30-15-5-2-6-16-30)32-22-23-34-38(26-32)45-37-20-10-19-35(39(34)37)41-42-40-33-18-8-7-13-28(33)21-24-36(40)44-41/h1-26H. The number of thiophene rings is 1. The van der Waals surface area contributed by atoms with Crippen molar-refractivity contribution in [1.82, 2.24) is 4.98 Å². The van der Waals surface area contributed by atoms with Gasteiger partial charge in [0.05, 0.1) is 0 Å². The van der Waals surface area contributed by atoms with Crippen LogP contribution in [0.2, 0.25) is 0 Å². The molecule has 9 rings (SSSR count). The van der Waals surface area contributed by atoms with E-state index in [1.165, 1.54) is 31.3 Å². The average molecular weight is 595 g/mol. The van der Waals surface area contributed by atoms with Crippen LogP contribution < -0.4 is 4.90 Å². The molecule has 45 heavy (non-hydrogen) atoms. The van der Waals surface area contributed by atoms with Gasteiger partial charge in [-0.05, 0) is 71.1 Å². The number of hydrogen-bond donors (Lipinski definition) is 0. The van der Waals surface area contributed by atoms with Gasteiger partial charge in [0, 0.05) is 48.2 Å². The van der Waals surface area contributed by atoms with Crippen LogP contribution in [0.1, 0.15) is 0 Å². The predicted octanol–water partition coefficient (Wildman–Crippen LogP) is 12.2. The van der Waals surface area contributed by atoms with Crippen molar-refractivity contribution in [2.24, 2.45) is 0 Å². The molecule has 2 aromatic heterocycles. The molecule has 0 N–H and O–H groups in total. The third kappa shape index (κ3) is 4.38. The summed E-state index contributed by atoms with van der Waals surface area (Å²) >= 11 is 1.81. The summed E-state index contributed by atoms with van der Waals surface area (Å²) in [6.07, 6.45) is 0. The van der Waals surface area contributed by atoms with E-state index in [0.717, 1.165) is 44.5 Å². The second-order valence-electron chi connectivity index (χ2n) is 11.2. The SMILES string of the molecule is c1ccc(-c2cccc(N(c3ccccc3)c3ccc4c(c3)sc3cccc(-c5nc6c(ccc7ccccc76)o5)c34)c2)cc1. The molecule has 0 aliphatic heterocycles. The molecule has 0 amide bonds. The van der Waals surface area contributed by atoms with Crippen LogP contribution in [0.15, 0.2) is 162 Å². The molecule has 0 saturated carbocycles. The van der Waals surface area contributed by atoms with Crippen molar-refractivity contribution < 1.29 is 4.42 Å². The molecule has 0 aliphatic rings. The minimum Gasteiger partial charge on any atom is -0.436 e. The van der Waals surface area contributed by atoms with E-state index >= 15 is 0 Å². The van der Waals surface area contributed by atoms with E-state index in [0.29, 0.717) is 5.89 Å². The number of para-hydroxylation sites is 1. The van der Waals surface area contributed by atoms with Crippen LogP contribution in [0.4, 0.5) is 17.1 Å². The van der Waals surface area contributed by atoms with Gasteiger partial charge in [-0.25, -0.2) is 4.98 Å². The van der Waals surface area contributed by atoms with Crippen LogP contribution in [0.25, 0.3) is 64.6 Å². The van der Waals surface area contributed by atoms with Gasteiger partial charge in [-0.3, -0.25) is 0 Å². The van der Waals surface area contributed by atoms with Crippen LogP contribution in [0.5, 0.6) is 0 Å². The maximum absolute atomic E-state index is 6.40. The molecule has 0 saturated heterocycles. The van der Waals surface area contributed by atoms with Crippen LogP contribution in [-0.2, 0) is 0 Å². The molecule has 7 aromatic carbocycles. The van der Waals surface area contributed by atoms with Crippen LogP contribution in [0, 0.1) is 0 Å². The van der Waals surface area contributed by atoms with E-state index in [1.807, 2.05) is 6.07 Å². The Morgan fingerprint density at radius 3 is 2.13 bits per heavy atom. The smallest absolute Gasteiger partial charge is 0.228 e. The molecule has 0 unspecified atom stereocenters. The highest BCUT2D eigenvalue weighted by Gasteiger charge is 2.19. The van der Waals surface area contributed by atoms with Gasteiger partial charge in [0.15, 0.2) is 5.58 Å². The largest absolute Gasteiger partial charge is 0.436 e. The lowest BCUT2D eigenvalue weighted by molar-refractivity contribution is 0.621. The lowest BCUT2D eigenvalue weighted by Crippen LogP contribution is -2.09. The Balaban J connectivity index is 1.20. The van der Waals surface area contributed by atoms with Crippen molar-refractivity contribution in [1.29, 1.82) is 0 Å². The summed E-state index contributed by atoms with van der Waals surface area (Å²) in [5.41, 5.74) is 8.45. The molecule has 0 fully saturated rings. The van der Waals surface area contributed by atoms with E-state index in [4.69, 9.17) is 9.40 Å². The number of hydrogen-bond acceptors (Lipinski definition) is 4. The maximum atomic E-state index is 6.40. The Bertz CT molecular complexity index is 2500. The van der Waals surface area contributed by atoms with Crippen molar-refractivity contribution in [3.63, 3.8) is 0 Å². The first kappa shape index (κ1) is 25.8. The fraction of sp³-hybridized carbons (Fsp3) is 0. The third-order valence-electron chi connectivity index (χ3n) is 8.48. The van der Waals surface area contributed by atoms with E-state index in [2.05, 4.69) is 157 Å². The summed E-state index contributed by atoms with van der Waals surface area (Å²) in [6.45, 7) is 0. The van der Waals surface area contributed by atoms with Crippen LogP contribution in [0.3, 0.4) is 0 Å². The highest BCUT2D eigenvalue weighted by atomic mass is 32.1. The first-order chi connectivity index (χ1) is 22.3. The Morgan fingerprint density at radius 1 is 0.511 bits per heavy atom. The van der Waals surface area contributed by atoms with E-state index in [9.17, 15) is 0 Å². The number of rotatable bonds is 5. The minimum atomic E-state index is 0.652. The van der Waals surface area contributed by atoms with Crippen molar-refractivity contribution in [3.8, 4) is 22.6 Å². The summed E-state index contributed by atoms with van der Waals surface area (Å²) in [6, 6.07) is 55.6.